The van der Waals surface area contributed by atoms with Gasteiger partial charge < -0.3 is 0 Å². The van der Waals surface area contributed by atoms with Gasteiger partial charge in [-0.3, -0.25) is 0 Å². The molecule has 0 nitrogen and oxygen atoms in total. The van der Waals surface area contributed by atoms with Crippen LogP contribution >= 0.6 is 0 Å². The molecule has 0 aromatic carbocycles. The van der Waals surface area contributed by atoms with Gasteiger partial charge in [-0.05, 0) is 30.4 Å². The molecule has 0 aliphatic carbocycles. The van der Waals surface area contributed by atoms with E-state index in [9.17, 15) is 0 Å². The monoisotopic (exact) mass is 164 g/mol. The van der Waals surface area contributed by atoms with Crippen molar-refractivity contribution in [2.24, 2.45) is 5.41 Å². The molecule has 12 heavy (non-hydrogen) atoms. The summed E-state index contributed by atoms with van der Waals surface area (Å²) < 4.78 is 0. The van der Waals surface area contributed by atoms with Gasteiger partial charge in [0.05, 0.1) is 0 Å². The Kier molecular flexibility index (Phi) is 3.51. The van der Waals surface area contributed by atoms with E-state index in [1.165, 1.54) is 11.1 Å². The second kappa shape index (κ2) is 3.75. The second-order valence-electron chi connectivity index (χ2n) is 4.29. The van der Waals surface area contributed by atoms with Crippen LogP contribution in [0.25, 0.3) is 0 Å². The van der Waals surface area contributed by atoms with Crippen molar-refractivity contribution in [2.45, 2.75) is 34.6 Å². The van der Waals surface area contributed by atoms with E-state index in [4.69, 9.17) is 0 Å². The Bertz CT molecular complexity index is 221. The van der Waals surface area contributed by atoms with Gasteiger partial charge in [0.25, 0.3) is 0 Å². The molecule has 0 aliphatic rings. The highest BCUT2D eigenvalue weighted by atomic mass is 14.2. The zero-order valence-corrected chi connectivity index (χ0v) is 8.99. The molecule has 0 aromatic rings. The maximum absolute atomic E-state index is 3.99. The van der Waals surface area contributed by atoms with Gasteiger partial charge in [-0.15, -0.1) is 0 Å². The van der Waals surface area contributed by atoms with Gasteiger partial charge in [0.2, 0.25) is 0 Å². The summed E-state index contributed by atoms with van der Waals surface area (Å²) in [5.74, 6) is 0. The fraction of sp³-hybridized carbons (Fsp3) is 0.500. The number of allylic oxidation sites excluding steroid dienone is 4. The lowest BCUT2D eigenvalue weighted by molar-refractivity contribution is 0.507. The van der Waals surface area contributed by atoms with Crippen molar-refractivity contribution in [3.05, 3.63) is 36.0 Å². The average Bonchev–Trinajstić information content (AvgIpc) is 1.83. The molecule has 0 amide bonds. The summed E-state index contributed by atoms with van der Waals surface area (Å²) in [5, 5.41) is 0. The van der Waals surface area contributed by atoms with Crippen molar-refractivity contribution < 1.29 is 0 Å². The van der Waals surface area contributed by atoms with Gasteiger partial charge in [-0.25, -0.2) is 0 Å². The van der Waals surface area contributed by atoms with Crippen LogP contribution in [0, 0.1) is 5.41 Å². The quantitative estimate of drug-likeness (QED) is 0.539. The molecule has 0 rings (SSSR count). The number of hydrogen-bond donors (Lipinski definition) is 0. The first-order valence-corrected chi connectivity index (χ1v) is 4.30. The highest BCUT2D eigenvalue weighted by molar-refractivity contribution is 5.39. The number of rotatable bonds is 2. The van der Waals surface area contributed by atoms with Gasteiger partial charge in [0.1, 0.15) is 0 Å². The van der Waals surface area contributed by atoms with Gasteiger partial charge in [-0.1, -0.05) is 45.6 Å². The van der Waals surface area contributed by atoms with Gasteiger partial charge >= 0.3 is 0 Å². The third-order valence-corrected chi connectivity index (χ3v) is 1.88. The molecule has 0 aliphatic heterocycles. The van der Waals surface area contributed by atoms with Gasteiger partial charge in [-0.2, -0.15) is 0 Å². The Morgan fingerprint density at radius 1 is 1.17 bits per heavy atom. The molecule has 0 heterocycles. The minimum absolute atomic E-state index is 0.171. The van der Waals surface area contributed by atoms with Crippen molar-refractivity contribution in [1.29, 1.82) is 0 Å². The van der Waals surface area contributed by atoms with E-state index in [1.807, 2.05) is 13.0 Å². The Morgan fingerprint density at radius 2 is 1.58 bits per heavy atom. The topological polar surface area (TPSA) is 0 Å². The summed E-state index contributed by atoms with van der Waals surface area (Å²) in [6.45, 7) is 18.5. The molecule has 0 fully saturated rings. The van der Waals surface area contributed by atoms with E-state index >= 15 is 0 Å². The highest BCUT2D eigenvalue weighted by Crippen LogP contribution is 2.32. The van der Waals surface area contributed by atoms with Crippen LogP contribution in [0.4, 0.5) is 0 Å². The highest BCUT2D eigenvalue weighted by Gasteiger charge is 2.18. The van der Waals surface area contributed by atoms with E-state index in [0.717, 1.165) is 5.57 Å². The third-order valence-electron chi connectivity index (χ3n) is 1.88. The number of hydrogen-bond acceptors (Lipinski definition) is 0. The Balaban J connectivity index is 5.21. The molecule has 0 N–H and O–H groups in total. The standard InChI is InChI=1S/C12H20/c1-8-10(4)11(9(2)3)12(5,6)7/h8H,1-2H2,3-7H3/b11-10+. The molecule has 68 valence electrons. The molecule has 0 radical (unpaired) electrons. The summed E-state index contributed by atoms with van der Waals surface area (Å²) in [4.78, 5) is 0. The molecule has 0 saturated carbocycles. The van der Waals surface area contributed by atoms with E-state index in [0.29, 0.717) is 0 Å². The summed E-state index contributed by atoms with van der Waals surface area (Å²) >= 11 is 0. The third kappa shape index (κ3) is 2.69. The molecule has 0 heteroatoms. The smallest absolute Gasteiger partial charge is 0.0127 e. The van der Waals surface area contributed by atoms with Crippen LogP contribution in [0.5, 0.6) is 0 Å². The van der Waals surface area contributed by atoms with Gasteiger partial charge in [0, 0.05) is 0 Å². The normalized spacial score (nSPS) is 13.8. The maximum atomic E-state index is 3.99. The average molecular weight is 164 g/mol. The Hall–Kier alpha value is -0.780. The van der Waals surface area contributed by atoms with Crippen LogP contribution in [0.2, 0.25) is 0 Å². The van der Waals surface area contributed by atoms with E-state index in [-0.39, 0.29) is 5.41 Å². The molecule has 0 bridgehead atoms. The Morgan fingerprint density at radius 3 is 1.67 bits per heavy atom. The first-order valence-electron chi connectivity index (χ1n) is 4.30. The van der Waals surface area contributed by atoms with Crippen LogP contribution < -0.4 is 0 Å². The van der Waals surface area contributed by atoms with E-state index < -0.39 is 0 Å². The molecule has 0 spiro atoms. The summed E-state index contributed by atoms with van der Waals surface area (Å²) in [7, 11) is 0. The summed E-state index contributed by atoms with van der Waals surface area (Å²) in [6, 6.07) is 0. The first-order chi connectivity index (χ1) is 5.30. The lowest BCUT2D eigenvalue weighted by Crippen LogP contribution is -2.11. The van der Waals surface area contributed by atoms with Crippen molar-refractivity contribution in [1.82, 2.24) is 0 Å². The van der Waals surface area contributed by atoms with Crippen molar-refractivity contribution in [2.75, 3.05) is 0 Å². The fourth-order valence-corrected chi connectivity index (χ4v) is 1.67. The molecular formula is C12H20. The Labute approximate surface area is 76.7 Å². The molecule has 0 aromatic heterocycles. The largest absolute Gasteiger partial charge is 0.0988 e. The molecular weight excluding hydrogens is 144 g/mol. The van der Waals surface area contributed by atoms with Crippen LogP contribution in [-0.2, 0) is 0 Å². The van der Waals surface area contributed by atoms with Crippen LogP contribution in [-0.4, -0.2) is 0 Å². The van der Waals surface area contributed by atoms with Crippen LogP contribution in [0.1, 0.15) is 34.6 Å². The molecule has 0 saturated heterocycles. The lowest BCUT2D eigenvalue weighted by Gasteiger charge is -2.25. The lowest BCUT2D eigenvalue weighted by atomic mass is 9.80. The minimum atomic E-state index is 0.171. The maximum Gasteiger partial charge on any atom is -0.0127 e. The van der Waals surface area contributed by atoms with Crippen molar-refractivity contribution >= 4 is 0 Å². The van der Waals surface area contributed by atoms with Crippen LogP contribution in [0.3, 0.4) is 0 Å². The molecule has 0 unspecified atom stereocenters. The van der Waals surface area contributed by atoms with Crippen molar-refractivity contribution in [3.63, 3.8) is 0 Å². The van der Waals surface area contributed by atoms with E-state index in [2.05, 4.69) is 40.9 Å². The zero-order chi connectivity index (χ0) is 9.94. The fourth-order valence-electron chi connectivity index (χ4n) is 1.67. The molecule has 0 atom stereocenters. The minimum Gasteiger partial charge on any atom is -0.0988 e. The van der Waals surface area contributed by atoms with Crippen molar-refractivity contribution in [3.8, 4) is 0 Å². The predicted octanol–water partition coefficient (Wildman–Crippen LogP) is 4.11. The summed E-state index contributed by atoms with van der Waals surface area (Å²) in [5.41, 5.74) is 3.86. The predicted molar refractivity (Wildman–Crippen MR) is 57.2 cm³/mol. The SMILES string of the molecule is C=C/C(C)=C(\C(=C)C)C(C)(C)C. The van der Waals surface area contributed by atoms with E-state index in [1.54, 1.807) is 0 Å². The van der Waals surface area contributed by atoms with Crippen LogP contribution in [0.15, 0.2) is 36.0 Å². The zero-order valence-electron chi connectivity index (χ0n) is 8.99. The second-order valence-corrected chi connectivity index (χ2v) is 4.29. The summed E-state index contributed by atoms with van der Waals surface area (Å²) in [6.07, 6.45) is 1.90. The first kappa shape index (κ1) is 11.2. The van der Waals surface area contributed by atoms with Gasteiger partial charge in [0.15, 0.2) is 0 Å².